The Morgan fingerprint density at radius 3 is 0.968 bits per heavy atom. The van der Waals surface area contributed by atoms with Gasteiger partial charge >= 0.3 is 11.9 Å². The second-order valence-corrected chi connectivity index (χ2v) is 18.8. The van der Waals surface area contributed by atoms with Gasteiger partial charge < -0.3 is 14.2 Å². The van der Waals surface area contributed by atoms with Crippen molar-refractivity contribution in [3.63, 3.8) is 0 Å². The Balaban J connectivity index is 4.22. The van der Waals surface area contributed by atoms with Gasteiger partial charge in [0, 0.05) is 19.4 Å². The van der Waals surface area contributed by atoms with Crippen LogP contribution in [0.3, 0.4) is 0 Å². The molecule has 0 bridgehead atoms. The third kappa shape index (κ3) is 51.0. The van der Waals surface area contributed by atoms with Crippen molar-refractivity contribution >= 4 is 11.9 Å². The highest BCUT2D eigenvalue weighted by Gasteiger charge is 2.16. The van der Waals surface area contributed by atoms with Crippen LogP contribution < -0.4 is 0 Å². The molecule has 0 saturated carbocycles. The third-order valence-corrected chi connectivity index (χ3v) is 12.5. The molecule has 0 unspecified atom stereocenters. The largest absolute Gasteiger partial charge is 0.463 e. The van der Waals surface area contributed by atoms with E-state index in [2.05, 4.69) is 45.1 Å². The highest BCUT2D eigenvalue weighted by Crippen LogP contribution is 2.16. The standard InChI is InChI=1S/C57H108O5/c1-4-7-10-13-16-19-22-25-27-29-30-33-36-39-42-45-48-51-57(59)62-54-55(53-61-56(58)50-47-44-41-38-35-32-24-21-18-15-12-9-6-3)60-52-49-46-43-40-37-34-31-28-26-23-20-17-14-11-8-5-2/h16,19,25,27,55H,4-15,17-18,20-24,26,28-54H2,1-3H3/b19-16-,27-25-/t55-/m0/s1. The summed E-state index contributed by atoms with van der Waals surface area (Å²) in [6.45, 7) is 7.76. The fourth-order valence-corrected chi connectivity index (χ4v) is 8.28. The summed E-state index contributed by atoms with van der Waals surface area (Å²) in [5.41, 5.74) is 0. The van der Waals surface area contributed by atoms with Gasteiger partial charge in [0.15, 0.2) is 0 Å². The van der Waals surface area contributed by atoms with E-state index in [1.54, 1.807) is 0 Å². The first-order valence-electron chi connectivity index (χ1n) is 27.9. The van der Waals surface area contributed by atoms with Crippen molar-refractivity contribution in [1.82, 2.24) is 0 Å². The molecule has 0 aromatic rings. The Morgan fingerprint density at radius 1 is 0.339 bits per heavy atom. The summed E-state index contributed by atoms with van der Waals surface area (Å²) in [4.78, 5) is 25.2. The van der Waals surface area contributed by atoms with E-state index in [0.717, 1.165) is 44.9 Å². The Labute approximate surface area is 387 Å². The maximum atomic E-state index is 12.6. The SMILES string of the molecule is CCCCC/C=C\C/C=C\CCCCCCCCCC(=O)OC[C@H](COC(=O)CCCCCCCCCCCCCCC)OCCCCCCCCCCCCCCCCCC. The van der Waals surface area contributed by atoms with Crippen molar-refractivity contribution in [2.24, 2.45) is 0 Å². The Morgan fingerprint density at radius 2 is 0.613 bits per heavy atom. The summed E-state index contributed by atoms with van der Waals surface area (Å²) in [5.74, 6) is -0.324. The molecule has 1 atom stereocenters. The van der Waals surface area contributed by atoms with Crippen molar-refractivity contribution in [3.8, 4) is 0 Å². The molecule has 0 aromatic heterocycles. The summed E-state index contributed by atoms with van der Waals surface area (Å²) < 4.78 is 17.5. The van der Waals surface area contributed by atoms with E-state index in [1.807, 2.05) is 0 Å². The normalized spacial score (nSPS) is 12.2. The molecule has 0 rings (SSSR count). The minimum atomic E-state index is -0.396. The third-order valence-electron chi connectivity index (χ3n) is 12.5. The number of carbonyl (C=O) groups excluding carboxylic acids is 2. The lowest BCUT2D eigenvalue weighted by Crippen LogP contribution is -2.29. The van der Waals surface area contributed by atoms with Gasteiger partial charge in [-0.05, 0) is 51.4 Å². The summed E-state index contributed by atoms with van der Waals surface area (Å²) in [6, 6.07) is 0. The van der Waals surface area contributed by atoms with Gasteiger partial charge in [-0.3, -0.25) is 9.59 Å². The average molecular weight is 873 g/mol. The van der Waals surface area contributed by atoms with Crippen LogP contribution >= 0.6 is 0 Å². The predicted octanol–water partition coefficient (Wildman–Crippen LogP) is 18.8. The zero-order chi connectivity index (χ0) is 44.9. The van der Waals surface area contributed by atoms with E-state index >= 15 is 0 Å². The molecular formula is C57H108O5. The van der Waals surface area contributed by atoms with Crippen LogP contribution in [0.2, 0.25) is 0 Å². The lowest BCUT2D eigenvalue weighted by atomic mass is 10.0. The summed E-state index contributed by atoms with van der Waals surface area (Å²) in [6.07, 6.45) is 63.5. The van der Waals surface area contributed by atoms with E-state index in [0.29, 0.717) is 19.4 Å². The molecule has 5 nitrogen and oxygen atoms in total. The minimum absolute atomic E-state index is 0.159. The molecule has 0 radical (unpaired) electrons. The Hall–Kier alpha value is -1.62. The minimum Gasteiger partial charge on any atom is -0.463 e. The number of ether oxygens (including phenoxy) is 3. The van der Waals surface area contributed by atoms with Crippen molar-refractivity contribution in [2.45, 2.75) is 309 Å². The second kappa shape index (κ2) is 53.7. The van der Waals surface area contributed by atoms with Gasteiger partial charge in [-0.15, -0.1) is 0 Å². The number of carbonyl (C=O) groups is 2. The van der Waals surface area contributed by atoms with Crippen molar-refractivity contribution in [1.29, 1.82) is 0 Å². The lowest BCUT2D eigenvalue weighted by Gasteiger charge is -2.18. The molecule has 0 heterocycles. The number of allylic oxidation sites excluding steroid dienone is 4. The molecule has 62 heavy (non-hydrogen) atoms. The second-order valence-electron chi connectivity index (χ2n) is 18.8. The summed E-state index contributed by atoms with van der Waals surface area (Å²) >= 11 is 0. The Bertz CT molecular complexity index is 943. The molecular weight excluding hydrogens is 765 g/mol. The molecule has 0 spiro atoms. The van der Waals surface area contributed by atoms with E-state index in [4.69, 9.17) is 14.2 Å². The van der Waals surface area contributed by atoms with Gasteiger partial charge in [0.05, 0.1) is 0 Å². The van der Waals surface area contributed by atoms with Gasteiger partial charge in [-0.25, -0.2) is 0 Å². The quantitative estimate of drug-likeness (QED) is 0.0346. The first kappa shape index (κ1) is 60.4. The fourth-order valence-electron chi connectivity index (χ4n) is 8.28. The van der Waals surface area contributed by atoms with Crippen LogP contribution in [0, 0.1) is 0 Å². The van der Waals surface area contributed by atoms with Crippen LogP contribution in [-0.4, -0.2) is 37.9 Å². The monoisotopic (exact) mass is 873 g/mol. The first-order chi connectivity index (χ1) is 30.6. The van der Waals surface area contributed by atoms with Gasteiger partial charge in [0.25, 0.3) is 0 Å². The van der Waals surface area contributed by atoms with Gasteiger partial charge in [-0.1, -0.05) is 263 Å². The zero-order valence-corrected chi connectivity index (χ0v) is 42.2. The van der Waals surface area contributed by atoms with Crippen LogP contribution in [0.25, 0.3) is 0 Å². The lowest BCUT2D eigenvalue weighted by molar-refractivity contribution is -0.155. The average Bonchev–Trinajstić information content (AvgIpc) is 3.28. The van der Waals surface area contributed by atoms with Crippen LogP contribution in [0.5, 0.6) is 0 Å². The van der Waals surface area contributed by atoms with Crippen LogP contribution in [0.1, 0.15) is 303 Å². The summed E-state index contributed by atoms with van der Waals surface area (Å²) in [7, 11) is 0. The highest BCUT2D eigenvalue weighted by molar-refractivity contribution is 5.69. The van der Waals surface area contributed by atoms with E-state index in [1.165, 1.54) is 225 Å². The Kier molecular flexibility index (Phi) is 52.3. The predicted molar refractivity (Wildman–Crippen MR) is 270 cm³/mol. The van der Waals surface area contributed by atoms with E-state index in [-0.39, 0.29) is 25.2 Å². The molecule has 0 fully saturated rings. The molecule has 0 aliphatic heterocycles. The summed E-state index contributed by atoms with van der Waals surface area (Å²) in [5, 5.41) is 0. The first-order valence-corrected chi connectivity index (χ1v) is 27.9. The van der Waals surface area contributed by atoms with Gasteiger partial charge in [0.1, 0.15) is 19.3 Å². The van der Waals surface area contributed by atoms with E-state index < -0.39 is 6.10 Å². The number of unbranched alkanes of at least 4 members (excludes halogenated alkanes) is 37. The van der Waals surface area contributed by atoms with Crippen LogP contribution in [0.15, 0.2) is 24.3 Å². The number of hydrogen-bond acceptors (Lipinski definition) is 5. The number of rotatable bonds is 52. The van der Waals surface area contributed by atoms with Crippen LogP contribution in [0.4, 0.5) is 0 Å². The van der Waals surface area contributed by atoms with Crippen LogP contribution in [-0.2, 0) is 23.8 Å². The highest BCUT2D eigenvalue weighted by atomic mass is 16.6. The van der Waals surface area contributed by atoms with Crippen molar-refractivity contribution < 1.29 is 23.8 Å². The van der Waals surface area contributed by atoms with E-state index in [9.17, 15) is 9.59 Å². The van der Waals surface area contributed by atoms with Crippen molar-refractivity contribution in [3.05, 3.63) is 24.3 Å². The molecule has 366 valence electrons. The smallest absolute Gasteiger partial charge is 0.305 e. The molecule has 0 N–H and O–H groups in total. The molecule has 0 aliphatic rings. The fraction of sp³-hybridized carbons (Fsp3) is 0.895. The number of esters is 2. The van der Waals surface area contributed by atoms with Gasteiger partial charge in [-0.2, -0.15) is 0 Å². The van der Waals surface area contributed by atoms with Crippen molar-refractivity contribution in [2.75, 3.05) is 19.8 Å². The topological polar surface area (TPSA) is 61.8 Å². The number of hydrogen-bond donors (Lipinski definition) is 0. The molecule has 0 amide bonds. The molecule has 0 aliphatic carbocycles. The molecule has 0 aromatic carbocycles. The molecule has 0 saturated heterocycles. The van der Waals surface area contributed by atoms with Gasteiger partial charge in [0.2, 0.25) is 0 Å². The molecule has 5 heteroatoms. The maximum absolute atomic E-state index is 12.6. The zero-order valence-electron chi connectivity index (χ0n) is 42.2. The maximum Gasteiger partial charge on any atom is 0.305 e.